The molecule has 0 atom stereocenters. The Morgan fingerprint density at radius 1 is 1.19 bits per heavy atom. The number of nitrogens with one attached hydrogen (secondary N) is 1. The van der Waals surface area contributed by atoms with E-state index in [-0.39, 0.29) is 11.7 Å². The Morgan fingerprint density at radius 2 is 1.93 bits per heavy atom. The van der Waals surface area contributed by atoms with Gasteiger partial charge >= 0.3 is 0 Å². The lowest BCUT2D eigenvalue weighted by Gasteiger charge is -2.13. The smallest absolute Gasteiger partial charge is 0.230 e. The van der Waals surface area contributed by atoms with E-state index in [0.717, 1.165) is 16.9 Å². The van der Waals surface area contributed by atoms with E-state index in [4.69, 9.17) is 16.3 Å². The molecule has 0 aliphatic heterocycles. The zero-order valence-corrected chi connectivity index (χ0v) is 16.5. The average Bonchev–Trinajstić information content (AvgIpc) is 3.11. The molecule has 0 saturated heterocycles. The highest BCUT2D eigenvalue weighted by atomic mass is 35.5. The molecule has 0 unspecified atom stereocenters. The highest BCUT2D eigenvalue weighted by Gasteiger charge is 2.17. The van der Waals surface area contributed by atoms with Crippen LogP contribution in [0, 0.1) is 0 Å². The van der Waals surface area contributed by atoms with Crippen molar-refractivity contribution in [2.45, 2.75) is 5.16 Å². The molecule has 1 amide bonds. The lowest BCUT2D eigenvalue weighted by molar-refractivity contribution is -0.118. The number of thioether (sulfide) groups is 1. The number of halogens is 1. The summed E-state index contributed by atoms with van der Waals surface area (Å²) in [6.45, 7) is 0.979. The first-order valence-corrected chi connectivity index (χ1v) is 9.83. The van der Waals surface area contributed by atoms with E-state index in [9.17, 15) is 4.79 Å². The van der Waals surface area contributed by atoms with Gasteiger partial charge in [0.25, 0.3) is 0 Å². The van der Waals surface area contributed by atoms with Crippen molar-refractivity contribution in [2.24, 2.45) is 0 Å². The fourth-order valence-electron chi connectivity index (χ4n) is 2.59. The Kier molecular flexibility index (Phi) is 6.92. The molecule has 7 heteroatoms. The Hall–Kier alpha value is -2.28. The maximum absolute atomic E-state index is 12.0. The summed E-state index contributed by atoms with van der Waals surface area (Å²) in [5.41, 5.74) is 2.78. The van der Waals surface area contributed by atoms with E-state index >= 15 is 0 Å². The zero-order valence-electron chi connectivity index (χ0n) is 14.9. The second-order valence-electron chi connectivity index (χ2n) is 5.71. The number of benzene rings is 2. The van der Waals surface area contributed by atoms with Crippen LogP contribution in [0.25, 0.3) is 16.9 Å². The zero-order chi connectivity index (χ0) is 19.1. The van der Waals surface area contributed by atoms with Gasteiger partial charge in [-0.15, -0.1) is 0 Å². The summed E-state index contributed by atoms with van der Waals surface area (Å²) in [7, 11) is 1.60. The molecule has 3 aromatic rings. The number of nitrogens with zero attached hydrogens (tertiary/aromatic N) is 2. The summed E-state index contributed by atoms with van der Waals surface area (Å²) in [5, 5.41) is 4.15. The lowest BCUT2D eigenvalue weighted by Crippen LogP contribution is -2.28. The van der Waals surface area contributed by atoms with Crippen LogP contribution in [-0.2, 0) is 9.53 Å². The number of ether oxygens (including phenoxy) is 1. The molecule has 140 valence electrons. The van der Waals surface area contributed by atoms with Crippen LogP contribution in [0.2, 0.25) is 5.02 Å². The molecule has 0 bridgehead atoms. The molecule has 27 heavy (non-hydrogen) atoms. The molecule has 1 N–H and O–H groups in total. The first-order valence-electron chi connectivity index (χ1n) is 8.47. The van der Waals surface area contributed by atoms with Crippen LogP contribution >= 0.6 is 23.4 Å². The molecule has 1 heterocycles. The Bertz CT molecular complexity index is 899. The van der Waals surface area contributed by atoms with Gasteiger partial charge in [0.05, 0.1) is 35.0 Å². The third-order valence-corrected chi connectivity index (χ3v) is 5.13. The van der Waals surface area contributed by atoms with Gasteiger partial charge in [-0.25, -0.2) is 4.98 Å². The van der Waals surface area contributed by atoms with Gasteiger partial charge in [0.2, 0.25) is 5.91 Å². The number of hydrogen-bond acceptors (Lipinski definition) is 4. The highest BCUT2D eigenvalue weighted by Crippen LogP contribution is 2.32. The average molecular weight is 402 g/mol. The summed E-state index contributed by atoms with van der Waals surface area (Å²) in [6, 6.07) is 17.6. The minimum atomic E-state index is -0.0629. The number of amides is 1. The van der Waals surface area contributed by atoms with E-state index in [1.54, 1.807) is 7.11 Å². The van der Waals surface area contributed by atoms with Crippen molar-refractivity contribution in [3.8, 4) is 16.9 Å². The van der Waals surface area contributed by atoms with Gasteiger partial charge in [-0.05, 0) is 12.1 Å². The number of hydrogen-bond donors (Lipinski definition) is 1. The van der Waals surface area contributed by atoms with E-state index in [1.165, 1.54) is 11.8 Å². The maximum atomic E-state index is 12.0. The van der Waals surface area contributed by atoms with E-state index < -0.39 is 0 Å². The number of para-hydroxylation sites is 1. The molecule has 5 nitrogen and oxygen atoms in total. The first-order chi connectivity index (χ1) is 13.2. The van der Waals surface area contributed by atoms with Gasteiger partial charge in [-0.1, -0.05) is 65.8 Å². The van der Waals surface area contributed by atoms with Crippen LogP contribution < -0.4 is 5.32 Å². The van der Waals surface area contributed by atoms with Crippen LogP contribution in [0.3, 0.4) is 0 Å². The molecule has 0 spiro atoms. The van der Waals surface area contributed by atoms with Crippen molar-refractivity contribution in [1.29, 1.82) is 0 Å². The predicted octanol–water partition coefficient (Wildman–Crippen LogP) is 4.05. The van der Waals surface area contributed by atoms with E-state index in [0.29, 0.717) is 23.3 Å². The molecular weight excluding hydrogens is 382 g/mol. The van der Waals surface area contributed by atoms with Crippen LogP contribution in [0.15, 0.2) is 66.0 Å². The summed E-state index contributed by atoms with van der Waals surface area (Å²) >= 11 is 7.82. The Morgan fingerprint density at radius 3 is 2.67 bits per heavy atom. The normalized spacial score (nSPS) is 10.7. The Labute approximate surface area is 167 Å². The van der Waals surface area contributed by atoms with Gasteiger partial charge < -0.3 is 10.1 Å². The summed E-state index contributed by atoms with van der Waals surface area (Å²) in [4.78, 5) is 16.6. The van der Waals surface area contributed by atoms with Crippen LogP contribution in [0.4, 0.5) is 0 Å². The number of methoxy groups -OCH3 is 1. The Balaban J connectivity index is 1.89. The minimum absolute atomic E-state index is 0.0629. The predicted molar refractivity (Wildman–Crippen MR) is 110 cm³/mol. The van der Waals surface area contributed by atoms with Crippen LogP contribution in [-0.4, -0.2) is 41.5 Å². The topological polar surface area (TPSA) is 56.1 Å². The third kappa shape index (κ3) is 4.91. The summed E-state index contributed by atoms with van der Waals surface area (Å²) in [6.07, 6.45) is 1.81. The van der Waals surface area contributed by atoms with Crippen molar-refractivity contribution in [1.82, 2.24) is 14.9 Å². The van der Waals surface area contributed by atoms with E-state index in [2.05, 4.69) is 10.3 Å². The number of aromatic nitrogens is 2. The van der Waals surface area contributed by atoms with Crippen molar-refractivity contribution < 1.29 is 9.53 Å². The number of rotatable bonds is 8. The molecule has 0 aliphatic rings. The van der Waals surface area contributed by atoms with Crippen molar-refractivity contribution in [2.75, 3.05) is 26.0 Å². The fraction of sp³-hybridized carbons (Fsp3) is 0.200. The molecule has 3 rings (SSSR count). The first kappa shape index (κ1) is 19.5. The van der Waals surface area contributed by atoms with Gasteiger partial charge in [0.15, 0.2) is 5.16 Å². The number of carbonyl (C=O) groups is 1. The second-order valence-corrected chi connectivity index (χ2v) is 7.06. The van der Waals surface area contributed by atoms with Gasteiger partial charge in [0.1, 0.15) is 0 Å². The third-order valence-electron chi connectivity index (χ3n) is 3.85. The summed E-state index contributed by atoms with van der Waals surface area (Å²) in [5.74, 6) is 0.200. The summed E-state index contributed by atoms with van der Waals surface area (Å²) < 4.78 is 6.94. The molecule has 2 aromatic carbocycles. The monoisotopic (exact) mass is 401 g/mol. The standard InChI is InChI=1S/C20H20ClN3O2S/c1-26-12-11-22-19(25)14-27-20-23-13-18(15-7-3-2-4-8-15)24(20)17-10-6-5-9-16(17)21/h2-10,13H,11-12,14H2,1H3,(H,22,25). The van der Waals surface area contributed by atoms with E-state index in [1.807, 2.05) is 65.4 Å². The fourth-order valence-corrected chi connectivity index (χ4v) is 3.62. The van der Waals surface area contributed by atoms with Crippen molar-refractivity contribution in [3.63, 3.8) is 0 Å². The maximum Gasteiger partial charge on any atom is 0.230 e. The largest absolute Gasteiger partial charge is 0.383 e. The van der Waals surface area contributed by atoms with Crippen molar-refractivity contribution >= 4 is 29.3 Å². The van der Waals surface area contributed by atoms with Crippen LogP contribution in [0.1, 0.15) is 0 Å². The second kappa shape index (κ2) is 9.60. The molecule has 1 aromatic heterocycles. The SMILES string of the molecule is COCCNC(=O)CSc1ncc(-c2ccccc2)n1-c1ccccc1Cl. The lowest BCUT2D eigenvalue weighted by atomic mass is 10.1. The molecular formula is C20H20ClN3O2S. The van der Waals surface area contributed by atoms with Gasteiger partial charge in [-0.3, -0.25) is 9.36 Å². The minimum Gasteiger partial charge on any atom is -0.383 e. The van der Waals surface area contributed by atoms with Crippen LogP contribution in [0.5, 0.6) is 0 Å². The van der Waals surface area contributed by atoms with Crippen molar-refractivity contribution in [3.05, 3.63) is 65.8 Å². The molecule has 0 aliphatic carbocycles. The molecule has 0 saturated carbocycles. The molecule has 0 fully saturated rings. The molecule has 0 radical (unpaired) electrons. The number of carbonyl (C=O) groups excluding carboxylic acids is 1. The van der Waals surface area contributed by atoms with Gasteiger partial charge in [0, 0.05) is 19.2 Å². The van der Waals surface area contributed by atoms with Gasteiger partial charge in [-0.2, -0.15) is 0 Å². The highest BCUT2D eigenvalue weighted by molar-refractivity contribution is 7.99. The number of imidazole rings is 1. The quantitative estimate of drug-likeness (QED) is 0.457.